The van der Waals surface area contributed by atoms with E-state index >= 15 is 0 Å². The van der Waals surface area contributed by atoms with Crippen molar-refractivity contribution in [2.45, 2.75) is 19.8 Å². The average molecular weight is 365 g/mol. The Balaban J connectivity index is 1.56. The van der Waals surface area contributed by atoms with Gasteiger partial charge >= 0.3 is 0 Å². The minimum absolute atomic E-state index is 0.0732. The van der Waals surface area contributed by atoms with E-state index in [4.69, 9.17) is 5.73 Å². The van der Waals surface area contributed by atoms with Crippen molar-refractivity contribution >= 4 is 39.6 Å². The maximum Gasteiger partial charge on any atom is 0.229 e. The highest BCUT2D eigenvalue weighted by Crippen LogP contribution is 2.35. The van der Waals surface area contributed by atoms with Gasteiger partial charge in [0.25, 0.3) is 0 Å². The Labute approximate surface area is 155 Å². The lowest BCUT2D eigenvalue weighted by Gasteiger charge is -2.07. The summed E-state index contributed by atoms with van der Waals surface area (Å²) in [5.74, 6) is 0.964. The SMILES string of the molecule is Cc1nc(NC(=O)C2CC2)sc1-c1ccnc(Nc2cccc(N)c2)c1. The van der Waals surface area contributed by atoms with E-state index < -0.39 is 0 Å². The highest BCUT2D eigenvalue weighted by molar-refractivity contribution is 7.19. The molecule has 26 heavy (non-hydrogen) atoms. The van der Waals surface area contributed by atoms with Crippen LogP contribution in [-0.4, -0.2) is 15.9 Å². The Hall–Kier alpha value is -2.93. The molecule has 3 aromatic rings. The van der Waals surface area contributed by atoms with Gasteiger partial charge in [-0.05, 0) is 55.7 Å². The van der Waals surface area contributed by atoms with Crippen LogP contribution >= 0.6 is 11.3 Å². The van der Waals surface area contributed by atoms with E-state index in [1.165, 1.54) is 11.3 Å². The van der Waals surface area contributed by atoms with Gasteiger partial charge in [0, 0.05) is 23.5 Å². The molecule has 4 N–H and O–H groups in total. The number of nitrogen functional groups attached to an aromatic ring is 1. The van der Waals surface area contributed by atoms with Crippen LogP contribution < -0.4 is 16.4 Å². The summed E-state index contributed by atoms with van der Waals surface area (Å²) in [4.78, 5) is 21.8. The van der Waals surface area contributed by atoms with Gasteiger partial charge in [0.2, 0.25) is 5.91 Å². The number of nitrogens with one attached hydrogen (secondary N) is 2. The fourth-order valence-corrected chi connectivity index (χ4v) is 3.64. The zero-order chi connectivity index (χ0) is 18.1. The maximum atomic E-state index is 11.9. The second-order valence-electron chi connectivity index (χ2n) is 6.38. The van der Waals surface area contributed by atoms with Crippen molar-refractivity contribution in [1.82, 2.24) is 9.97 Å². The van der Waals surface area contributed by atoms with Crippen molar-refractivity contribution in [3.63, 3.8) is 0 Å². The molecule has 1 amide bonds. The molecule has 1 aliphatic carbocycles. The van der Waals surface area contributed by atoms with E-state index in [1.807, 2.05) is 43.3 Å². The van der Waals surface area contributed by atoms with Crippen LogP contribution in [-0.2, 0) is 4.79 Å². The Morgan fingerprint density at radius 1 is 1.27 bits per heavy atom. The van der Waals surface area contributed by atoms with Crippen molar-refractivity contribution in [1.29, 1.82) is 0 Å². The van der Waals surface area contributed by atoms with Crippen LogP contribution in [0.15, 0.2) is 42.6 Å². The van der Waals surface area contributed by atoms with Crippen molar-refractivity contribution < 1.29 is 4.79 Å². The Kier molecular flexibility index (Phi) is 4.30. The van der Waals surface area contributed by atoms with Crippen LogP contribution in [0.1, 0.15) is 18.5 Å². The highest BCUT2D eigenvalue weighted by Gasteiger charge is 2.30. The van der Waals surface area contributed by atoms with Crippen LogP contribution in [0.25, 0.3) is 10.4 Å². The van der Waals surface area contributed by atoms with Gasteiger partial charge in [-0.15, -0.1) is 0 Å². The van der Waals surface area contributed by atoms with Gasteiger partial charge in [-0.1, -0.05) is 17.4 Å². The maximum absolute atomic E-state index is 11.9. The molecule has 0 radical (unpaired) electrons. The van der Waals surface area contributed by atoms with E-state index in [0.29, 0.717) is 10.8 Å². The van der Waals surface area contributed by atoms with Crippen molar-refractivity contribution in [2.75, 3.05) is 16.4 Å². The predicted molar refractivity (Wildman–Crippen MR) is 106 cm³/mol. The number of aromatic nitrogens is 2. The third-order valence-corrected chi connectivity index (χ3v) is 5.28. The number of carbonyl (C=O) groups is 1. The molecule has 0 bridgehead atoms. The Morgan fingerprint density at radius 3 is 2.88 bits per heavy atom. The molecule has 0 aliphatic heterocycles. The molecular weight excluding hydrogens is 346 g/mol. The number of anilines is 4. The summed E-state index contributed by atoms with van der Waals surface area (Å²) in [5.41, 5.74) is 9.30. The highest BCUT2D eigenvalue weighted by atomic mass is 32.1. The summed E-state index contributed by atoms with van der Waals surface area (Å²) in [6, 6.07) is 11.4. The summed E-state index contributed by atoms with van der Waals surface area (Å²) in [6.07, 6.45) is 3.71. The summed E-state index contributed by atoms with van der Waals surface area (Å²) >= 11 is 1.48. The van der Waals surface area contributed by atoms with Gasteiger partial charge in [-0.3, -0.25) is 4.79 Å². The molecule has 7 heteroatoms. The molecule has 6 nitrogen and oxygen atoms in total. The molecule has 2 heterocycles. The number of thiazole rings is 1. The van der Waals surface area contributed by atoms with Crippen molar-refractivity contribution in [2.24, 2.45) is 5.92 Å². The smallest absolute Gasteiger partial charge is 0.229 e. The van der Waals surface area contributed by atoms with E-state index in [9.17, 15) is 4.79 Å². The van der Waals surface area contributed by atoms with Crippen LogP contribution in [0, 0.1) is 12.8 Å². The zero-order valence-electron chi connectivity index (χ0n) is 14.3. The first-order valence-electron chi connectivity index (χ1n) is 8.46. The predicted octanol–water partition coefficient (Wildman–Crippen LogP) is 4.19. The number of pyridine rings is 1. The van der Waals surface area contributed by atoms with Crippen molar-refractivity contribution in [3.8, 4) is 10.4 Å². The van der Waals surface area contributed by atoms with Crippen molar-refractivity contribution in [3.05, 3.63) is 48.3 Å². The molecule has 1 aliphatic rings. The fraction of sp³-hybridized carbons (Fsp3) is 0.211. The molecule has 1 aromatic carbocycles. The standard InChI is InChI=1S/C19H19N5OS/c1-11-17(26-19(22-11)24-18(25)12-5-6-12)13-7-8-21-16(9-13)23-15-4-2-3-14(20)10-15/h2-4,7-10,12H,5-6,20H2,1H3,(H,21,23)(H,22,24,25). The van der Waals surface area contributed by atoms with Crippen LogP contribution in [0.5, 0.6) is 0 Å². The molecule has 0 saturated heterocycles. The number of rotatable bonds is 5. The van der Waals surface area contributed by atoms with Gasteiger partial charge in [-0.2, -0.15) is 0 Å². The number of benzene rings is 1. The van der Waals surface area contributed by atoms with Gasteiger partial charge < -0.3 is 16.4 Å². The summed E-state index contributed by atoms with van der Waals surface area (Å²) in [7, 11) is 0. The molecule has 1 saturated carbocycles. The van der Waals surface area contributed by atoms with Crippen LogP contribution in [0.3, 0.4) is 0 Å². The number of hydrogen-bond donors (Lipinski definition) is 3. The number of nitrogens with two attached hydrogens (primary N) is 1. The van der Waals surface area contributed by atoms with E-state index in [-0.39, 0.29) is 11.8 Å². The van der Waals surface area contributed by atoms with Gasteiger partial charge in [0.15, 0.2) is 5.13 Å². The van der Waals surface area contributed by atoms with Gasteiger partial charge in [0.05, 0.1) is 10.6 Å². The molecule has 4 rings (SSSR count). The molecule has 132 valence electrons. The lowest BCUT2D eigenvalue weighted by Crippen LogP contribution is -2.12. The first-order valence-corrected chi connectivity index (χ1v) is 9.27. The fourth-order valence-electron chi connectivity index (χ4n) is 2.68. The lowest BCUT2D eigenvalue weighted by atomic mass is 10.2. The minimum Gasteiger partial charge on any atom is -0.399 e. The second kappa shape index (κ2) is 6.76. The summed E-state index contributed by atoms with van der Waals surface area (Å²) < 4.78 is 0. The lowest BCUT2D eigenvalue weighted by molar-refractivity contribution is -0.117. The summed E-state index contributed by atoms with van der Waals surface area (Å²) in [5, 5.41) is 6.83. The van der Waals surface area contributed by atoms with Crippen LogP contribution in [0.4, 0.5) is 22.3 Å². The zero-order valence-corrected chi connectivity index (χ0v) is 15.1. The van der Waals surface area contributed by atoms with Crippen LogP contribution in [0.2, 0.25) is 0 Å². The number of hydrogen-bond acceptors (Lipinski definition) is 6. The first kappa shape index (κ1) is 16.5. The van der Waals surface area contributed by atoms with Gasteiger partial charge in [0.1, 0.15) is 5.82 Å². The van der Waals surface area contributed by atoms with Gasteiger partial charge in [-0.25, -0.2) is 9.97 Å². The molecule has 0 atom stereocenters. The first-order chi connectivity index (χ1) is 12.6. The molecule has 1 fully saturated rings. The number of nitrogens with zero attached hydrogens (tertiary/aromatic N) is 2. The molecular formula is C19H19N5OS. The van der Waals surface area contributed by atoms with E-state index in [0.717, 1.165) is 40.5 Å². The largest absolute Gasteiger partial charge is 0.399 e. The van der Waals surface area contributed by atoms with E-state index in [1.54, 1.807) is 6.20 Å². The number of carbonyl (C=O) groups excluding carboxylic acids is 1. The molecule has 0 spiro atoms. The Bertz CT molecular complexity index is 964. The normalized spacial score (nSPS) is 13.4. The molecule has 0 unspecified atom stereocenters. The minimum atomic E-state index is 0.0732. The Morgan fingerprint density at radius 2 is 2.12 bits per heavy atom. The number of amides is 1. The second-order valence-corrected chi connectivity index (χ2v) is 7.38. The van der Waals surface area contributed by atoms with E-state index in [2.05, 4.69) is 20.6 Å². The average Bonchev–Trinajstić information content (AvgIpc) is 3.39. The molecule has 2 aromatic heterocycles. The summed E-state index contributed by atoms with van der Waals surface area (Å²) in [6.45, 7) is 1.95. The quantitative estimate of drug-likeness (QED) is 0.590. The third-order valence-electron chi connectivity index (χ3n) is 4.16. The third kappa shape index (κ3) is 3.67. The number of aryl methyl sites for hydroxylation is 1. The monoisotopic (exact) mass is 365 g/mol. The topological polar surface area (TPSA) is 92.9 Å².